The molecule has 4 nitrogen and oxygen atoms in total. The van der Waals surface area contributed by atoms with Crippen LogP contribution in [-0.4, -0.2) is 60.5 Å². The quantitative estimate of drug-likeness (QED) is 0.806. The molecule has 0 saturated carbocycles. The third-order valence-corrected chi connectivity index (χ3v) is 3.67. The molecular formula is C15H21FN2O2. The van der Waals surface area contributed by atoms with Crippen LogP contribution < -0.4 is 0 Å². The van der Waals surface area contributed by atoms with Crippen LogP contribution in [0.1, 0.15) is 23.2 Å². The van der Waals surface area contributed by atoms with Gasteiger partial charge in [0.2, 0.25) is 0 Å². The number of carbonyl (C=O) groups is 1. The lowest BCUT2D eigenvalue weighted by Gasteiger charge is -2.20. The first-order valence-corrected chi connectivity index (χ1v) is 6.99. The van der Waals surface area contributed by atoms with Crippen LogP contribution in [0.5, 0.6) is 5.75 Å². The molecule has 1 fully saturated rings. The Balaban J connectivity index is 1.85. The van der Waals surface area contributed by atoms with Gasteiger partial charge in [0.25, 0.3) is 0 Å². The summed E-state index contributed by atoms with van der Waals surface area (Å²) in [5.74, 6) is -0.930. The number of rotatable bonds is 6. The van der Waals surface area contributed by atoms with Crippen molar-refractivity contribution < 1.29 is 14.3 Å². The van der Waals surface area contributed by atoms with E-state index in [2.05, 4.69) is 4.90 Å². The van der Waals surface area contributed by atoms with Gasteiger partial charge in [-0.25, -0.2) is 4.39 Å². The smallest absolute Gasteiger partial charge is 0.180 e. The number of halogens is 1. The molecule has 1 heterocycles. The van der Waals surface area contributed by atoms with E-state index in [1.807, 2.05) is 11.9 Å². The maximum Gasteiger partial charge on any atom is 0.180 e. The van der Waals surface area contributed by atoms with Crippen molar-refractivity contribution >= 4 is 5.78 Å². The molecule has 1 saturated heterocycles. The van der Waals surface area contributed by atoms with Crippen LogP contribution in [0, 0.1) is 5.82 Å². The first-order valence-electron chi connectivity index (χ1n) is 6.99. The van der Waals surface area contributed by atoms with Crippen LogP contribution in [0.15, 0.2) is 18.2 Å². The first kappa shape index (κ1) is 14.9. The lowest BCUT2D eigenvalue weighted by molar-refractivity contribution is 0.0938. The van der Waals surface area contributed by atoms with Gasteiger partial charge in [-0.05, 0) is 51.2 Å². The SMILES string of the molecule is CN(CCN1CCCC1)CC(=O)c1cc(F)ccc1O. The monoisotopic (exact) mass is 280 g/mol. The van der Waals surface area contributed by atoms with Crippen LogP contribution in [0.25, 0.3) is 0 Å². The van der Waals surface area contributed by atoms with Gasteiger partial charge in [0, 0.05) is 13.1 Å². The standard InChI is InChI=1S/C15H21FN2O2/c1-17(8-9-18-6-2-3-7-18)11-15(20)13-10-12(16)4-5-14(13)19/h4-5,10,19H,2-3,6-9,11H2,1H3. The van der Waals surface area contributed by atoms with Gasteiger partial charge in [0.1, 0.15) is 11.6 Å². The summed E-state index contributed by atoms with van der Waals surface area (Å²) in [5.41, 5.74) is 0.0537. The average molecular weight is 280 g/mol. The molecule has 0 aromatic heterocycles. The Morgan fingerprint density at radius 1 is 1.40 bits per heavy atom. The van der Waals surface area contributed by atoms with Gasteiger partial charge in [-0.1, -0.05) is 0 Å². The van der Waals surface area contributed by atoms with Crippen LogP contribution in [0.3, 0.4) is 0 Å². The summed E-state index contributed by atoms with van der Waals surface area (Å²) in [7, 11) is 1.87. The summed E-state index contributed by atoms with van der Waals surface area (Å²) in [6, 6.07) is 3.45. The number of Topliss-reactive ketones (excluding diaryl/α,β-unsaturated/α-hetero) is 1. The predicted molar refractivity (Wildman–Crippen MR) is 75.6 cm³/mol. The van der Waals surface area contributed by atoms with E-state index in [1.54, 1.807) is 0 Å². The summed E-state index contributed by atoms with van der Waals surface area (Å²) < 4.78 is 13.1. The van der Waals surface area contributed by atoms with Gasteiger partial charge in [-0.3, -0.25) is 9.69 Å². The van der Waals surface area contributed by atoms with Crippen molar-refractivity contribution in [1.29, 1.82) is 0 Å². The minimum absolute atomic E-state index is 0.0537. The molecule has 1 N–H and O–H groups in total. The summed E-state index contributed by atoms with van der Waals surface area (Å²) in [4.78, 5) is 16.3. The van der Waals surface area contributed by atoms with Gasteiger partial charge >= 0.3 is 0 Å². The van der Waals surface area contributed by atoms with E-state index >= 15 is 0 Å². The Bertz CT molecular complexity index is 473. The molecule has 0 bridgehead atoms. The first-order chi connectivity index (χ1) is 9.56. The number of hydrogen-bond acceptors (Lipinski definition) is 4. The number of phenolic OH excluding ortho intramolecular Hbond substituents is 1. The summed E-state index contributed by atoms with van der Waals surface area (Å²) >= 11 is 0. The Labute approximate surface area is 118 Å². The molecule has 1 aliphatic heterocycles. The molecule has 1 aliphatic rings. The Morgan fingerprint density at radius 3 is 2.80 bits per heavy atom. The van der Waals surface area contributed by atoms with Crippen LogP contribution in [0.4, 0.5) is 4.39 Å². The topological polar surface area (TPSA) is 43.8 Å². The fraction of sp³-hybridized carbons (Fsp3) is 0.533. The van der Waals surface area contributed by atoms with E-state index in [0.29, 0.717) is 0 Å². The maximum absolute atomic E-state index is 13.1. The summed E-state index contributed by atoms with van der Waals surface area (Å²) in [6.45, 7) is 4.19. The van der Waals surface area contributed by atoms with Crippen molar-refractivity contribution in [1.82, 2.24) is 9.80 Å². The molecule has 2 rings (SSSR count). The van der Waals surface area contributed by atoms with E-state index < -0.39 is 5.82 Å². The minimum Gasteiger partial charge on any atom is -0.507 e. The van der Waals surface area contributed by atoms with Gasteiger partial charge in [-0.2, -0.15) is 0 Å². The largest absolute Gasteiger partial charge is 0.507 e. The number of ketones is 1. The second kappa shape index (κ2) is 6.81. The van der Waals surface area contributed by atoms with Gasteiger partial charge in [0.05, 0.1) is 12.1 Å². The van der Waals surface area contributed by atoms with Crippen molar-refractivity contribution in [3.63, 3.8) is 0 Å². The summed E-state index contributed by atoms with van der Waals surface area (Å²) in [6.07, 6.45) is 2.50. The molecule has 20 heavy (non-hydrogen) atoms. The second-order valence-electron chi connectivity index (χ2n) is 5.37. The Kier molecular flexibility index (Phi) is 5.09. The molecular weight excluding hydrogens is 259 g/mol. The van der Waals surface area contributed by atoms with Crippen LogP contribution in [0.2, 0.25) is 0 Å². The number of carbonyl (C=O) groups excluding carboxylic acids is 1. The number of phenols is 1. The highest BCUT2D eigenvalue weighted by atomic mass is 19.1. The van der Waals surface area contributed by atoms with E-state index in [4.69, 9.17) is 0 Å². The molecule has 1 aromatic carbocycles. The highest BCUT2D eigenvalue weighted by Crippen LogP contribution is 2.18. The van der Waals surface area contributed by atoms with Gasteiger partial charge in [0.15, 0.2) is 5.78 Å². The highest BCUT2D eigenvalue weighted by Gasteiger charge is 2.16. The number of nitrogens with zero attached hydrogens (tertiary/aromatic N) is 2. The molecule has 1 aromatic rings. The van der Waals surface area contributed by atoms with E-state index in [9.17, 15) is 14.3 Å². The number of hydrogen-bond donors (Lipinski definition) is 1. The summed E-state index contributed by atoms with van der Waals surface area (Å²) in [5, 5.41) is 9.61. The molecule has 0 amide bonds. The number of likely N-dealkylation sites (N-methyl/N-ethyl adjacent to an activating group) is 1. The third kappa shape index (κ3) is 4.02. The zero-order valence-electron chi connectivity index (χ0n) is 11.8. The average Bonchev–Trinajstić information content (AvgIpc) is 2.92. The minimum atomic E-state index is -0.508. The van der Waals surface area contributed by atoms with Crippen molar-refractivity contribution in [2.45, 2.75) is 12.8 Å². The fourth-order valence-corrected chi connectivity index (χ4v) is 2.46. The third-order valence-electron chi connectivity index (χ3n) is 3.67. The van der Waals surface area contributed by atoms with E-state index in [1.165, 1.54) is 18.9 Å². The molecule has 0 spiro atoms. The number of aromatic hydroxyl groups is 1. The normalized spacial score (nSPS) is 15.9. The zero-order chi connectivity index (χ0) is 14.5. The van der Waals surface area contributed by atoms with E-state index in [-0.39, 0.29) is 23.6 Å². The zero-order valence-corrected chi connectivity index (χ0v) is 11.8. The molecule has 0 atom stereocenters. The number of likely N-dealkylation sites (tertiary alicyclic amines) is 1. The van der Waals surface area contributed by atoms with E-state index in [0.717, 1.165) is 38.3 Å². The Hall–Kier alpha value is -1.46. The van der Waals surface area contributed by atoms with Crippen LogP contribution in [-0.2, 0) is 0 Å². The van der Waals surface area contributed by atoms with Crippen molar-refractivity contribution in [2.75, 3.05) is 39.8 Å². The van der Waals surface area contributed by atoms with Crippen LogP contribution >= 0.6 is 0 Å². The Morgan fingerprint density at radius 2 is 2.10 bits per heavy atom. The molecule has 0 unspecified atom stereocenters. The van der Waals surface area contributed by atoms with Crippen molar-refractivity contribution in [2.24, 2.45) is 0 Å². The predicted octanol–water partition coefficient (Wildman–Crippen LogP) is 1.74. The number of benzene rings is 1. The molecule has 5 heteroatoms. The molecule has 0 aliphatic carbocycles. The fourth-order valence-electron chi connectivity index (χ4n) is 2.46. The molecule has 0 radical (unpaired) electrons. The lowest BCUT2D eigenvalue weighted by atomic mass is 10.1. The van der Waals surface area contributed by atoms with Crippen molar-refractivity contribution in [3.8, 4) is 5.75 Å². The highest BCUT2D eigenvalue weighted by molar-refractivity contribution is 5.99. The maximum atomic E-state index is 13.1. The molecule has 110 valence electrons. The lowest BCUT2D eigenvalue weighted by Crippen LogP contribution is -2.34. The van der Waals surface area contributed by atoms with Gasteiger partial charge in [-0.15, -0.1) is 0 Å². The van der Waals surface area contributed by atoms with Gasteiger partial charge < -0.3 is 10.0 Å². The van der Waals surface area contributed by atoms with Crippen molar-refractivity contribution in [3.05, 3.63) is 29.6 Å². The second-order valence-corrected chi connectivity index (χ2v) is 5.37.